The lowest BCUT2D eigenvalue weighted by Gasteiger charge is -2.26. The van der Waals surface area contributed by atoms with Crippen molar-refractivity contribution < 1.29 is 9.53 Å². The van der Waals surface area contributed by atoms with Crippen molar-refractivity contribution in [2.24, 2.45) is 0 Å². The number of amides is 1. The average molecular weight is 258 g/mol. The van der Waals surface area contributed by atoms with Gasteiger partial charge in [0.2, 0.25) is 0 Å². The highest BCUT2D eigenvalue weighted by atomic mass is 16.5. The fourth-order valence-corrected chi connectivity index (χ4v) is 1.90. The molecule has 0 saturated heterocycles. The van der Waals surface area contributed by atoms with E-state index in [0.29, 0.717) is 5.69 Å². The van der Waals surface area contributed by atoms with Crippen LogP contribution in [0.2, 0.25) is 0 Å². The van der Waals surface area contributed by atoms with Crippen LogP contribution in [0.5, 0.6) is 5.75 Å². The second-order valence-corrected chi connectivity index (χ2v) is 4.89. The molecular formula is C15H18N2O2. The molecule has 2 rings (SSSR count). The van der Waals surface area contributed by atoms with E-state index in [4.69, 9.17) is 4.74 Å². The molecule has 0 atom stereocenters. The molecule has 0 fully saturated rings. The van der Waals surface area contributed by atoms with Gasteiger partial charge in [-0.15, -0.1) is 0 Å². The van der Waals surface area contributed by atoms with Crippen LogP contribution in [0, 0.1) is 0 Å². The minimum atomic E-state index is -0.450. The summed E-state index contributed by atoms with van der Waals surface area (Å²) in [6, 6.07) is 11.2. The minimum absolute atomic E-state index is 0.120. The van der Waals surface area contributed by atoms with Gasteiger partial charge < -0.3 is 15.0 Å². The van der Waals surface area contributed by atoms with E-state index in [1.54, 1.807) is 25.4 Å². The summed E-state index contributed by atoms with van der Waals surface area (Å²) in [5, 5.41) is 3.00. The van der Waals surface area contributed by atoms with Crippen molar-refractivity contribution in [2.45, 2.75) is 19.4 Å². The van der Waals surface area contributed by atoms with Crippen molar-refractivity contribution >= 4 is 5.91 Å². The van der Waals surface area contributed by atoms with Gasteiger partial charge in [-0.2, -0.15) is 0 Å². The Balaban J connectivity index is 2.14. The van der Waals surface area contributed by atoms with Gasteiger partial charge in [0, 0.05) is 6.20 Å². The highest BCUT2D eigenvalue weighted by Gasteiger charge is 2.23. The number of hydrogen-bond acceptors (Lipinski definition) is 2. The number of rotatable bonds is 4. The third-order valence-electron chi connectivity index (χ3n) is 3.08. The van der Waals surface area contributed by atoms with Crippen molar-refractivity contribution in [3.8, 4) is 5.75 Å². The van der Waals surface area contributed by atoms with Crippen LogP contribution in [0.15, 0.2) is 42.6 Å². The highest BCUT2D eigenvalue weighted by molar-refractivity contribution is 5.92. The molecule has 0 aliphatic rings. The molecule has 100 valence electrons. The van der Waals surface area contributed by atoms with Gasteiger partial charge in [0.25, 0.3) is 5.91 Å². The predicted molar refractivity (Wildman–Crippen MR) is 74.3 cm³/mol. The van der Waals surface area contributed by atoms with Crippen LogP contribution >= 0.6 is 0 Å². The SMILES string of the molecule is COc1ccc(C(C)(C)NC(=O)c2ccc[nH]2)cc1. The number of H-pyrrole nitrogens is 1. The number of hydrogen-bond donors (Lipinski definition) is 2. The van der Waals surface area contributed by atoms with Crippen LogP contribution in [-0.4, -0.2) is 18.0 Å². The number of carbonyl (C=O) groups is 1. The largest absolute Gasteiger partial charge is 0.497 e. The van der Waals surface area contributed by atoms with E-state index in [2.05, 4.69) is 10.3 Å². The quantitative estimate of drug-likeness (QED) is 0.886. The molecule has 1 aromatic heterocycles. The molecule has 4 heteroatoms. The zero-order chi connectivity index (χ0) is 13.9. The number of aromatic amines is 1. The molecule has 0 bridgehead atoms. The first-order chi connectivity index (χ1) is 9.03. The van der Waals surface area contributed by atoms with Crippen LogP contribution in [0.4, 0.5) is 0 Å². The fourth-order valence-electron chi connectivity index (χ4n) is 1.90. The van der Waals surface area contributed by atoms with E-state index in [-0.39, 0.29) is 5.91 Å². The van der Waals surface area contributed by atoms with Gasteiger partial charge in [-0.1, -0.05) is 12.1 Å². The van der Waals surface area contributed by atoms with E-state index < -0.39 is 5.54 Å². The monoisotopic (exact) mass is 258 g/mol. The lowest BCUT2D eigenvalue weighted by atomic mass is 9.94. The highest BCUT2D eigenvalue weighted by Crippen LogP contribution is 2.23. The summed E-state index contributed by atoms with van der Waals surface area (Å²) in [6.07, 6.45) is 1.73. The van der Waals surface area contributed by atoms with Gasteiger partial charge in [-0.05, 0) is 43.7 Å². The first-order valence-electron chi connectivity index (χ1n) is 6.13. The van der Waals surface area contributed by atoms with Crippen LogP contribution < -0.4 is 10.1 Å². The summed E-state index contributed by atoms with van der Waals surface area (Å²) in [5.74, 6) is 0.682. The molecule has 19 heavy (non-hydrogen) atoms. The summed E-state index contributed by atoms with van der Waals surface area (Å²) in [5.41, 5.74) is 1.13. The lowest BCUT2D eigenvalue weighted by Crippen LogP contribution is -2.41. The number of ether oxygens (including phenoxy) is 1. The Bertz CT molecular complexity index is 542. The van der Waals surface area contributed by atoms with Gasteiger partial charge in [-0.3, -0.25) is 4.79 Å². The molecule has 0 aliphatic heterocycles. The Morgan fingerprint density at radius 1 is 1.21 bits per heavy atom. The number of carbonyl (C=O) groups excluding carboxylic acids is 1. The number of nitrogens with one attached hydrogen (secondary N) is 2. The Hall–Kier alpha value is -2.23. The molecule has 4 nitrogen and oxygen atoms in total. The topological polar surface area (TPSA) is 54.1 Å². The zero-order valence-electron chi connectivity index (χ0n) is 11.4. The Morgan fingerprint density at radius 2 is 1.89 bits per heavy atom. The molecule has 0 saturated carbocycles. The van der Waals surface area contributed by atoms with Gasteiger partial charge in [-0.25, -0.2) is 0 Å². The molecule has 2 N–H and O–H groups in total. The van der Waals surface area contributed by atoms with Crippen molar-refractivity contribution in [2.75, 3.05) is 7.11 Å². The van der Waals surface area contributed by atoms with Gasteiger partial charge in [0.15, 0.2) is 0 Å². The number of methoxy groups -OCH3 is 1. The van der Waals surface area contributed by atoms with Crippen molar-refractivity contribution in [3.05, 3.63) is 53.9 Å². The van der Waals surface area contributed by atoms with Gasteiger partial charge in [0.05, 0.1) is 12.6 Å². The maximum atomic E-state index is 12.1. The standard InChI is InChI=1S/C15H18N2O2/c1-15(2,11-6-8-12(19-3)9-7-11)17-14(18)13-5-4-10-16-13/h4-10,16H,1-3H3,(H,17,18). The fraction of sp³-hybridized carbons (Fsp3) is 0.267. The summed E-state index contributed by atoms with van der Waals surface area (Å²) in [4.78, 5) is 14.9. The molecule has 0 radical (unpaired) electrons. The first-order valence-corrected chi connectivity index (χ1v) is 6.13. The third-order valence-corrected chi connectivity index (χ3v) is 3.08. The van der Waals surface area contributed by atoms with E-state index in [1.165, 1.54) is 0 Å². The average Bonchev–Trinajstić information content (AvgIpc) is 2.92. The van der Waals surface area contributed by atoms with Crippen LogP contribution in [0.3, 0.4) is 0 Å². The summed E-state index contributed by atoms with van der Waals surface area (Å²) >= 11 is 0. The number of benzene rings is 1. The summed E-state index contributed by atoms with van der Waals surface area (Å²) in [6.45, 7) is 3.94. The van der Waals surface area contributed by atoms with Crippen molar-refractivity contribution in [1.29, 1.82) is 0 Å². The second kappa shape index (κ2) is 5.18. The molecular weight excluding hydrogens is 240 g/mol. The van der Waals surface area contributed by atoms with Gasteiger partial charge in [0.1, 0.15) is 11.4 Å². The minimum Gasteiger partial charge on any atom is -0.497 e. The normalized spacial score (nSPS) is 11.1. The number of aromatic nitrogens is 1. The summed E-state index contributed by atoms with van der Waals surface area (Å²) in [7, 11) is 1.63. The van der Waals surface area contributed by atoms with E-state index in [1.807, 2.05) is 38.1 Å². The zero-order valence-corrected chi connectivity index (χ0v) is 11.4. The summed E-state index contributed by atoms with van der Waals surface area (Å²) < 4.78 is 5.13. The Labute approximate surface area is 112 Å². The molecule has 1 aromatic carbocycles. The molecule has 0 aliphatic carbocycles. The van der Waals surface area contributed by atoms with E-state index >= 15 is 0 Å². The molecule has 1 amide bonds. The first kappa shape index (κ1) is 13.2. The van der Waals surface area contributed by atoms with Crippen LogP contribution in [0.1, 0.15) is 29.9 Å². The smallest absolute Gasteiger partial charge is 0.268 e. The van der Waals surface area contributed by atoms with Crippen molar-refractivity contribution in [1.82, 2.24) is 10.3 Å². The molecule has 1 heterocycles. The molecule has 0 unspecified atom stereocenters. The second-order valence-electron chi connectivity index (χ2n) is 4.89. The van der Waals surface area contributed by atoms with Crippen molar-refractivity contribution in [3.63, 3.8) is 0 Å². The Kier molecular flexibility index (Phi) is 3.60. The van der Waals surface area contributed by atoms with Gasteiger partial charge >= 0.3 is 0 Å². The van der Waals surface area contributed by atoms with Crippen LogP contribution in [0.25, 0.3) is 0 Å². The predicted octanol–water partition coefficient (Wildman–Crippen LogP) is 2.69. The van der Waals surface area contributed by atoms with Crippen LogP contribution in [-0.2, 0) is 5.54 Å². The molecule has 0 spiro atoms. The van der Waals surface area contributed by atoms with E-state index in [0.717, 1.165) is 11.3 Å². The third kappa shape index (κ3) is 2.96. The molecule has 2 aromatic rings. The lowest BCUT2D eigenvalue weighted by molar-refractivity contribution is 0.0907. The maximum absolute atomic E-state index is 12.1. The maximum Gasteiger partial charge on any atom is 0.268 e. The Morgan fingerprint density at radius 3 is 2.42 bits per heavy atom. The van der Waals surface area contributed by atoms with E-state index in [9.17, 15) is 4.79 Å².